The molecule has 0 radical (unpaired) electrons. The molecule has 0 saturated heterocycles. The van der Waals surface area contributed by atoms with Gasteiger partial charge >= 0.3 is 12.3 Å². The topological polar surface area (TPSA) is 78.8 Å². The number of carbonyl (C=O) groups excluding carboxylic acids is 1. The smallest absolute Gasteiger partial charge is 0.416 e. The van der Waals surface area contributed by atoms with Crippen molar-refractivity contribution < 1.29 is 37.3 Å². The zero-order valence-corrected chi connectivity index (χ0v) is 18.4. The Kier molecular flexibility index (Phi) is 7.09. The molecule has 0 heterocycles. The largest absolute Gasteiger partial charge is 0.449 e. The Bertz CT molecular complexity index is 1170. The van der Waals surface area contributed by atoms with Crippen molar-refractivity contribution in [2.45, 2.75) is 30.7 Å². The van der Waals surface area contributed by atoms with Gasteiger partial charge in [0.2, 0.25) is 0 Å². The Labute approximate surface area is 199 Å². The van der Waals surface area contributed by atoms with Crippen molar-refractivity contribution in [3.63, 3.8) is 0 Å². The maximum absolute atomic E-state index is 14.0. The summed E-state index contributed by atoms with van der Waals surface area (Å²) in [4.78, 5) is 12.2. The molecule has 3 aromatic carbocycles. The van der Waals surface area contributed by atoms with Gasteiger partial charge in [-0.25, -0.2) is 9.18 Å². The third-order valence-electron chi connectivity index (χ3n) is 6.06. The van der Waals surface area contributed by atoms with E-state index in [1.807, 2.05) is 48.5 Å². The number of amides is 1. The van der Waals surface area contributed by atoms with Gasteiger partial charge in [0.15, 0.2) is 0 Å². The number of fused-ring (bicyclic) bond motifs is 3. The monoisotopic (exact) mass is 489 g/mol. The number of aliphatic hydroxyl groups is 2. The van der Waals surface area contributed by atoms with E-state index in [1.165, 1.54) is 0 Å². The molecule has 2 atom stereocenters. The number of ether oxygens (including phenoxy) is 1. The fourth-order valence-electron chi connectivity index (χ4n) is 4.28. The van der Waals surface area contributed by atoms with Gasteiger partial charge in [-0.3, -0.25) is 0 Å². The van der Waals surface area contributed by atoms with E-state index < -0.39 is 41.4 Å². The Morgan fingerprint density at radius 3 is 2.14 bits per heavy atom. The van der Waals surface area contributed by atoms with Crippen molar-refractivity contribution in [3.05, 3.63) is 94.8 Å². The Balaban J connectivity index is 1.28. The van der Waals surface area contributed by atoms with Crippen LogP contribution in [0.4, 0.5) is 22.4 Å². The van der Waals surface area contributed by atoms with Gasteiger partial charge in [0.05, 0.1) is 11.7 Å². The number of halogens is 4. The van der Waals surface area contributed by atoms with Crippen LogP contribution in [0.5, 0.6) is 0 Å². The average molecular weight is 489 g/mol. The minimum absolute atomic E-state index is 0.0990. The van der Waals surface area contributed by atoms with Gasteiger partial charge < -0.3 is 20.3 Å². The average Bonchev–Trinajstić information content (AvgIpc) is 3.15. The molecule has 35 heavy (non-hydrogen) atoms. The number of alkyl halides is 3. The Hall–Kier alpha value is -3.43. The summed E-state index contributed by atoms with van der Waals surface area (Å²) >= 11 is 0. The van der Waals surface area contributed by atoms with Crippen molar-refractivity contribution in [2.24, 2.45) is 0 Å². The molecule has 0 bridgehead atoms. The van der Waals surface area contributed by atoms with Crippen molar-refractivity contribution in [2.75, 3.05) is 13.2 Å². The molecule has 1 aliphatic carbocycles. The first-order valence-electron chi connectivity index (χ1n) is 11.0. The minimum Gasteiger partial charge on any atom is -0.449 e. The van der Waals surface area contributed by atoms with Crippen LogP contribution in [0, 0.1) is 5.82 Å². The predicted molar refractivity (Wildman–Crippen MR) is 120 cm³/mol. The molecule has 1 aliphatic rings. The molecule has 4 rings (SSSR count). The number of carbonyl (C=O) groups is 1. The van der Waals surface area contributed by atoms with Gasteiger partial charge in [-0.15, -0.1) is 0 Å². The standard InChI is InChI=1S/C26H23F4NO4/c27-22-13-15(26(28,29)30)9-10-20(22)24(33)23(32)11-12-31-25(34)35-14-21-18-7-3-1-5-16(18)17-6-2-4-8-19(17)21/h1-10,13,21,23-24,32-33H,11-12,14H2,(H,31,34). The second kappa shape index (κ2) is 10.1. The second-order valence-corrected chi connectivity index (χ2v) is 8.29. The molecule has 0 aliphatic heterocycles. The van der Waals surface area contributed by atoms with Crippen LogP contribution in [0.2, 0.25) is 0 Å². The maximum atomic E-state index is 14.0. The molecule has 0 aromatic heterocycles. The van der Waals surface area contributed by atoms with Crippen LogP contribution < -0.4 is 5.32 Å². The lowest BCUT2D eigenvalue weighted by Gasteiger charge is -2.20. The van der Waals surface area contributed by atoms with Crippen LogP contribution in [-0.4, -0.2) is 35.6 Å². The van der Waals surface area contributed by atoms with E-state index in [4.69, 9.17) is 4.74 Å². The van der Waals surface area contributed by atoms with Crippen LogP contribution in [0.25, 0.3) is 11.1 Å². The lowest BCUT2D eigenvalue weighted by molar-refractivity contribution is -0.137. The van der Waals surface area contributed by atoms with Crippen molar-refractivity contribution in [1.82, 2.24) is 5.32 Å². The first-order chi connectivity index (χ1) is 16.7. The normalized spacial score (nSPS) is 14.7. The lowest BCUT2D eigenvalue weighted by atomic mass is 9.98. The van der Waals surface area contributed by atoms with Gasteiger partial charge in [0.25, 0.3) is 0 Å². The van der Waals surface area contributed by atoms with E-state index in [-0.39, 0.29) is 31.6 Å². The van der Waals surface area contributed by atoms with Gasteiger partial charge in [-0.1, -0.05) is 54.6 Å². The van der Waals surface area contributed by atoms with Gasteiger partial charge in [-0.05, 0) is 40.8 Å². The van der Waals surface area contributed by atoms with E-state index in [9.17, 15) is 32.6 Å². The summed E-state index contributed by atoms with van der Waals surface area (Å²) in [7, 11) is 0. The number of aliphatic hydroxyl groups excluding tert-OH is 2. The Morgan fingerprint density at radius 2 is 1.57 bits per heavy atom. The van der Waals surface area contributed by atoms with Crippen LogP contribution in [0.1, 0.15) is 40.7 Å². The van der Waals surface area contributed by atoms with Crippen molar-refractivity contribution in [1.29, 1.82) is 0 Å². The molecular formula is C26H23F4NO4. The van der Waals surface area contributed by atoms with Crippen LogP contribution >= 0.6 is 0 Å². The maximum Gasteiger partial charge on any atom is 0.416 e. The summed E-state index contributed by atoms with van der Waals surface area (Å²) in [5, 5.41) is 22.7. The number of nitrogens with one attached hydrogen (secondary N) is 1. The summed E-state index contributed by atoms with van der Waals surface area (Å²) in [5.74, 6) is -1.40. The zero-order chi connectivity index (χ0) is 25.2. The Morgan fingerprint density at radius 1 is 0.971 bits per heavy atom. The fourth-order valence-corrected chi connectivity index (χ4v) is 4.28. The van der Waals surface area contributed by atoms with E-state index in [1.54, 1.807) is 0 Å². The van der Waals surface area contributed by atoms with Gasteiger partial charge in [0, 0.05) is 18.0 Å². The highest BCUT2D eigenvalue weighted by Gasteiger charge is 2.32. The second-order valence-electron chi connectivity index (χ2n) is 8.29. The van der Waals surface area contributed by atoms with E-state index in [0.717, 1.165) is 28.3 Å². The van der Waals surface area contributed by atoms with Crippen LogP contribution in [-0.2, 0) is 10.9 Å². The van der Waals surface area contributed by atoms with Crippen LogP contribution in [0.3, 0.4) is 0 Å². The van der Waals surface area contributed by atoms with Crippen molar-refractivity contribution >= 4 is 6.09 Å². The molecule has 9 heteroatoms. The first kappa shape index (κ1) is 24.7. The highest BCUT2D eigenvalue weighted by atomic mass is 19.4. The number of benzene rings is 3. The quantitative estimate of drug-likeness (QED) is 0.401. The zero-order valence-electron chi connectivity index (χ0n) is 18.4. The predicted octanol–water partition coefficient (Wildman–Crippen LogP) is 5.17. The highest BCUT2D eigenvalue weighted by Crippen LogP contribution is 2.44. The number of hydrogen-bond acceptors (Lipinski definition) is 4. The molecule has 0 spiro atoms. The SMILES string of the molecule is O=C(NCCC(O)C(O)c1ccc(C(F)(F)F)cc1F)OCC1c2ccccc2-c2ccccc21. The summed E-state index contributed by atoms with van der Waals surface area (Å²) in [6, 6.07) is 17.4. The summed E-state index contributed by atoms with van der Waals surface area (Å²) in [6.45, 7) is -0.00103. The third-order valence-corrected chi connectivity index (χ3v) is 6.06. The third kappa shape index (κ3) is 5.31. The molecule has 0 fully saturated rings. The number of alkyl carbamates (subject to hydrolysis) is 1. The molecule has 0 saturated carbocycles. The van der Waals surface area contributed by atoms with E-state index >= 15 is 0 Å². The molecule has 3 aromatic rings. The van der Waals surface area contributed by atoms with E-state index in [0.29, 0.717) is 6.07 Å². The molecule has 3 N–H and O–H groups in total. The van der Waals surface area contributed by atoms with Gasteiger partial charge in [-0.2, -0.15) is 13.2 Å². The number of rotatable bonds is 7. The van der Waals surface area contributed by atoms with Crippen LogP contribution in [0.15, 0.2) is 66.7 Å². The molecule has 2 unspecified atom stereocenters. The molecule has 5 nitrogen and oxygen atoms in total. The minimum atomic E-state index is -4.73. The summed E-state index contributed by atoms with van der Waals surface area (Å²) in [6.07, 6.45) is -8.91. The summed E-state index contributed by atoms with van der Waals surface area (Å²) < 4.78 is 57.4. The molecular weight excluding hydrogens is 466 g/mol. The fraction of sp³-hybridized carbons (Fsp3) is 0.269. The lowest BCUT2D eigenvalue weighted by Crippen LogP contribution is -2.31. The van der Waals surface area contributed by atoms with E-state index in [2.05, 4.69) is 5.32 Å². The number of hydrogen-bond donors (Lipinski definition) is 3. The molecule has 1 amide bonds. The molecule has 184 valence electrons. The van der Waals surface area contributed by atoms with Gasteiger partial charge in [0.1, 0.15) is 18.5 Å². The first-order valence-corrected chi connectivity index (χ1v) is 11.0. The summed E-state index contributed by atoms with van der Waals surface area (Å²) in [5.41, 5.74) is 2.62. The highest BCUT2D eigenvalue weighted by molar-refractivity contribution is 5.79. The van der Waals surface area contributed by atoms with Crippen molar-refractivity contribution in [3.8, 4) is 11.1 Å².